The summed E-state index contributed by atoms with van der Waals surface area (Å²) >= 11 is 0. The fourth-order valence-corrected chi connectivity index (χ4v) is 2.11. The minimum atomic E-state index is -1.07. The summed E-state index contributed by atoms with van der Waals surface area (Å²) in [4.78, 5) is 28.2. The molecule has 1 heterocycles. The molecule has 6 heteroatoms. The molecular formula is C14H15N3O3. The van der Waals surface area contributed by atoms with Gasteiger partial charge in [0.15, 0.2) is 0 Å². The SMILES string of the molecule is Cc1ccc(N)c2ccnc(C(=O)N(C)CC(=O)O)c12. The van der Waals surface area contributed by atoms with Gasteiger partial charge >= 0.3 is 5.97 Å². The van der Waals surface area contributed by atoms with E-state index in [0.29, 0.717) is 11.1 Å². The Morgan fingerprint density at radius 2 is 2.05 bits per heavy atom. The average Bonchev–Trinajstić information content (AvgIpc) is 2.41. The Bertz CT molecular complexity index is 697. The molecule has 0 unspecified atom stereocenters. The number of hydrogen-bond acceptors (Lipinski definition) is 4. The van der Waals surface area contributed by atoms with Gasteiger partial charge in [-0.3, -0.25) is 14.6 Å². The molecule has 0 spiro atoms. The Morgan fingerprint density at radius 1 is 1.35 bits per heavy atom. The van der Waals surface area contributed by atoms with Crippen LogP contribution in [-0.4, -0.2) is 40.5 Å². The Hall–Kier alpha value is -2.63. The van der Waals surface area contributed by atoms with Crippen LogP contribution in [0.1, 0.15) is 16.1 Å². The first-order chi connectivity index (χ1) is 9.41. The lowest BCUT2D eigenvalue weighted by molar-refractivity contribution is -0.137. The molecule has 0 aliphatic rings. The highest BCUT2D eigenvalue weighted by atomic mass is 16.4. The van der Waals surface area contributed by atoms with Crippen LogP contribution in [0.5, 0.6) is 0 Å². The van der Waals surface area contributed by atoms with Crippen LogP contribution in [0, 0.1) is 6.92 Å². The van der Waals surface area contributed by atoms with E-state index in [1.54, 1.807) is 12.1 Å². The number of aliphatic carboxylic acids is 1. The van der Waals surface area contributed by atoms with Crippen molar-refractivity contribution < 1.29 is 14.7 Å². The van der Waals surface area contributed by atoms with Crippen molar-refractivity contribution in [1.82, 2.24) is 9.88 Å². The van der Waals surface area contributed by atoms with E-state index < -0.39 is 11.9 Å². The van der Waals surface area contributed by atoms with Gasteiger partial charge in [-0.15, -0.1) is 0 Å². The number of aromatic nitrogens is 1. The van der Waals surface area contributed by atoms with Crippen LogP contribution in [0.2, 0.25) is 0 Å². The minimum Gasteiger partial charge on any atom is -0.480 e. The number of benzene rings is 1. The van der Waals surface area contributed by atoms with Gasteiger partial charge in [0.1, 0.15) is 12.2 Å². The number of rotatable bonds is 3. The molecule has 0 saturated heterocycles. The maximum Gasteiger partial charge on any atom is 0.323 e. The molecule has 3 N–H and O–H groups in total. The van der Waals surface area contributed by atoms with Gasteiger partial charge in [-0.1, -0.05) is 6.07 Å². The highest BCUT2D eigenvalue weighted by Gasteiger charge is 2.19. The number of carbonyl (C=O) groups is 2. The van der Waals surface area contributed by atoms with Crippen LogP contribution in [0.15, 0.2) is 24.4 Å². The average molecular weight is 273 g/mol. The van der Waals surface area contributed by atoms with Gasteiger partial charge in [0, 0.05) is 29.7 Å². The predicted molar refractivity (Wildman–Crippen MR) is 75.5 cm³/mol. The quantitative estimate of drug-likeness (QED) is 0.821. The third-order valence-corrected chi connectivity index (χ3v) is 3.09. The fraction of sp³-hybridized carbons (Fsp3) is 0.214. The van der Waals surface area contributed by atoms with E-state index in [1.165, 1.54) is 13.2 Å². The summed E-state index contributed by atoms with van der Waals surface area (Å²) in [5.74, 6) is -1.51. The van der Waals surface area contributed by atoms with E-state index in [4.69, 9.17) is 10.8 Å². The molecule has 1 aromatic carbocycles. The zero-order valence-corrected chi connectivity index (χ0v) is 11.3. The van der Waals surface area contributed by atoms with Gasteiger partial charge in [0.05, 0.1) is 0 Å². The lowest BCUT2D eigenvalue weighted by atomic mass is 10.0. The van der Waals surface area contributed by atoms with Crippen LogP contribution in [0.4, 0.5) is 5.69 Å². The predicted octanol–water partition coefficient (Wildman–Crippen LogP) is 1.28. The number of carbonyl (C=O) groups excluding carboxylic acids is 1. The first-order valence-corrected chi connectivity index (χ1v) is 6.03. The van der Waals surface area contributed by atoms with Crippen LogP contribution in [0.25, 0.3) is 10.8 Å². The first kappa shape index (κ1) is 13.8. The standard InChI is InChI=1S/C14H15N3O3/c1-8-3-4-10(15)9-5-6-16-13(12(8)9)14(20)17(2)7-11(18)19/h3-6H,7,15H2,1-2H3,(H,18,19). The van der Waals surface area contributed by atoms with Gasteiger partial charge in [0.25, 0.3) is 5.91 Å². The van der Waals surface area contributed by atoms with Crippen LogP contribution in [-0.2, 0) is 4.79 Å². The number of nitrogens with zero attached hydrogens (tertiary/aromatic N) is 2. The summed E-state index contributed by atoms with van der Waals surface area (Å²) < 4.78 is 0. The second-order valence-electron chi connectivity index (χ2n) is 4.61. The summed E-state index contributed by atoms with van der Waals surface area (Å²) in [5, 5.41) is 10.2. The Balaban J connectivity index is 2.58. The van der Waals surface area contributed by atoms with E-state index in [-0.39, 0.29) is 12.2 Å². The molecule has 2 aromatic rings. The number of aryl methyl sites for hydroxylation is 1. The summed E-state index contributed by atoms with van der Waals surface area (Å²) in [5.41, 5.74) is 7.55. The normalized spacial score (nSPS) is 10.5. The molecule has 0 bridgehead atoms. The molecule has 2 rings (SSSR count). The topological polar surface area (TPSA) is 96.5 Å². The zero-order chi connectivity index (χ0) is 14.9. The zero-order valence-electron chi connectivity index (χ0n) is 11.3. The molecule has 1 amide bonds. The van der Waals surface area contributed by atoms with Crippen LogP contribution < -0.4 is 5.73 Å². The highest BCUT2D eigenvalue weighted by Crippen LogP contribution is 2.26. The van der Waals surface area contributed by atoms with E-state index >= 15 is 0 Å². The minimum absolute atomic E-state index is 0.219. The maximum atomic E-state index is 12.3. The number of amides is 1. The molecule has 104 valence electrons. The van der Waals surface area contributed by atoms with Gasteiger partial charge in [-0.25, -0.2) is 0 Å². The number of fused-ring (bicyclic) bond motifs is 1. The number of likely N-dealkylation sites (N-methyl/N-ethyl adjacent to an activating group) is 1. The number of hydrogen-bond donors (Lipinski definition) is 2. The molecule has 6 nitrogen and oxygen atoms in total. The van der Waals surface area contributed by atoms with E-state index in [0.717, 1.165) is 15.8 Å². The van der Waals surface area contributed by atoms with E-state index in [9.17, 15) is 9.59 Å². The number of carboxylic acid groups (broad SMARTS) is 1. The largest absolute Gasteiger partial charge is 0.480 e. The lowest BCUT2D eigenvalue weighted by Gasteiger charge is -2.16. The molecule has 0 radical (unpaired) electrons. The van der Waals surface area contributed by atoms with Crippen LogP contribution in [0.3, 0.4) is 0 Å². The molecular weight excluding hydrogens is 258 g/mol. The molecule has 0 saturated carbocycles. The summed E-state index contributed by atoms with van der Waals surface area (Å²) in [6, 6.07) is 5.33. The monoisotopic (exact) mass is 273 g/mol. The number of pyridine rings is 1. The third-order valence-electron chi connectivity index (χ3n) is 3.09. The molecule has 0 aliphatic heterocycles. The van der Waals surface area contributed by atoms with Gasteiger partial charge in [-0.2, -0.15) is 0 Å². The Kier molecular flexibility index (Phi) is 3.56. The molecule has 0 atom stereocenters. The molecule has 0 fully saturated rings. The molecule has 0 aliphatic carbocycles. The number of nitrogen functional groups attached to an aromatic ring is 1. The second kappa shape index (κ2) is 5.16. The first-order valence-electron chi connectivity index (χ1n) is 6.03. The van der Waals surface area contributed by atoms with Gasteiger partial charge in [0.2, 0.25) is 0 Å². The Morgan fingerprint density at radius 3 is 2.70 bits per heavy atom. The maximum absolute atomic E-state index is 12.3. The fourth-order valence-electron chi connectivity index (χ4n) is 2.11. The molecule has 1 aromatic heterocycles. The second-order valence-corrected chi connectivity index (χ2v) is 4.61. The van der Waals surface area contributed by atoms with Gasteiger partial charge < -0.3 is 15.7 Å². The third kappa shape index (κ3) is 2.40. The number of nitrogens with two attached hydrogens (primary N) is 1. The Labute approximate surface area is 115 Å². The number of anilines is 1. The highest BCUT2D eigenvalue weighted by molar-refractivity contribution is 6.09. The lowest BCUT2D eigenvalue weighted by Crippen LogP contribution is -2.32. The van der Waals surface area contributed by atoms with Crippen molar-refractivity contribution >= 4 is 28.3 Å². The van der Waals surface area contributed by atoms with Crippen molar-refractivity contribution in [1.29, 1.82) is 0 Å². The summed E-state index contributed by atoms with van der Waals surface area (Å²) in [7, 11) is 1.43. The van der Waals surface area contributed by atoms with Crippen molar-refractivity contribution in [3.8, 4) is 0 Å². The van der Waals surface area contributed by atoms with Gasteiger partial charge in [-0.05, 0) is 24.6 Å². The van der Waals surface area contributed by atoms with Crippen molar-refractivity contribution in [2.24, 2.45) is 0 Å². The van der Waals surface area contributed by atoms with Crippen LogP contribution >= 0.6 is 0 Å². The summed E-state index contributed by atoms with van der Waals surface area (Å²) in [6.07, 6.45) is 1.50. The van der Waals surface area contributed by atoms with Crippen molar-refractivity contribution in [3.63, 3.8) is 0 Å². The summed E-state index contributed by atoms with van der Waals surface area (Å²) in [6.45, 7) is 1.48. The van der Waals surface area contributed by atoms with Crippen molar-refractivity contribution in [2.45, 2.75) is 6.92 Å². The molecule has 20 heavy (non-hydrogen) atoms. The van der Waals surface area contributed by atoms with Crippen molar-refractivity contribution in [3.05, 3.63) is 35.7 Å². The van der Waals surface area contributed by atoms with Crippen molar-refractivity contribution in [2.75, 3.05) is 19.3 Å². The van der Waals surface area contributed by atoms with E-state index in [2.05, 4.69) is 4.98 Å². The number of carboxylic acids is 1. The smallest absolute Gasteiger partial charge is 0.323 e. The van der Waals surface area contributed by atoms with E-state index in [1.807, 2.05) is 13.0 Å².